The van der Waals surface area contributed by atoms with Gasteiger partial charge in [-0.1, -0.05) is 27.7 Å². The van der Waals surface area contributed by atoms with Crippen molar-refractivity contribution in [2.24, 2.45) is 11.8 Å². The summed E-state index contributed by atoms with van der Waals surface area (Å²) >= 11 is 0. The molecule has 0 amide bonds. The summed E-state index contributed by atoms with van der Waals surface area (Å²) in [5, 5.41) is 14.6. The topological polar surface area (TPSA) is 143 Å². The van der Waals surface area contributed by atoms with Gasteiger partial charge in [0.2, 0.25) is 5.60 Å². The third kappa shape index (κ3) is 3.22. The van der Waals surface area contributed by atoms with Gasteiger partial charge in [0.25, 0.3) is 5.97 Å². The minimum absolute atomic E-state index is 0.108. The Hall–Kier alpha value is -2.78. The van der Waals surface area contributed by atoms with Crippen molar-refractivity contribution in [2.45, 2.75) is 57.6 Å². The lowest BCUT2D eigenvalue weighted by atomic mass is 9.92. The average Bonchev–Trinajstić information content (AvgIpc) is 3.44. The zero-order chi connectivity index (χ0) is 23.3. The molecule has 32 heavy (non-hydrogen) atoms. The van der Waals surface area contributed by atoms with Crippen LogP contribution in [0.2, 0.25) is 0 Å². The van der Waals surface area contributed by atoms with E-state index < -0.39 is 29.9 Å². The molecule has 0 aliphatic carbocycles. The lowest BCUT2D eigenvalue weighted by Gasteiger charge is -2.34. The Morgan fingerprint density at radius 3 is 2.69 bits per heavy atom. The van der Waals surface area contributed by atoms with Crippen molar-refractivity contribution in [3.8, 4) is 6.07 Å². The molecule has 2 aromatic rings. The first kappa shape index (κ1) is 22.4. The van der Waals surface area contributed by atoms with Crippen molar-refractivity contribution in [1.29, 1.82) is 5.26 Å². The number of anilines is 1. The molecule has 2 N–H and O–H groups in total. The number of esters is 1. The molecule has 172 valence electrons. The first-order chi connectivity index (χ1) is 15.2. The number of carbonyl (C=O) groups excluding carboxylic acids is 1. The smallest absolute Gasteiger partial charge is 0.308 e. The maximum Gasteiger partial charge on any atom is 0.308 e. The number of aromatic nitrogens is 3. The highest BCUT2D eigenvalue weighted by Gasteiger charge is 2.68. The van der Waals surface area contributed by atoms with Crippen LogP contribution in [0, 0.1) is 23.2 Å². The molecular formula is C21H27N5O6. The molecule has 4 heterocycles. The SMILES string of the molecule is COC1(C(C)C)O[C@H]2[C@@H](O1)[C@](C#N)(c1ccc3c(N)ncnn13)O[C@@H]2COC(=O)C(C)C. The van der Waals surface area contributed by atoms with E-state index in [1.807, 2.05) is 13.8 Å². The number of nitriles is 1. The largest absolute Gasteiger partial charge is 0.463 e. The molecular weight excluding hydrogens is 418 g/mol. The second-order valence-corrected chi connectivity index (χ2v) is 8.53. The Labute approximate surface area is 185 Å². The van der Waals surface area contributed by atoms with E-state index in [1.165, 1.54) is 18.0 Å². The number of methoxy groups -OCH3 is 1. The summed E-state index contributed by atoms with van der Waals surface area (Å²) in [5.74, 6) is -2.02. The molecule has 2 aromatic heterocycles. The maximum atomic E-state index is 12.1. The molecule has 0 aromatic carbocycles. The van der Waals surface area contributed by atoms with E-state index in [2.05, 4.69) is 16.2 Å². The van der Waals surface area contributed by atoms with Crippen molar-refractivity contribution in [1.82, 2.24) is 14.6 Å². The van der Waals surface area contributed by atoms with Gasteiger partial charge in [0, 0.05) is 13.0 Å². The standard InChI is InChI=1S/C21H27N5O6/c1-11(2)19(27)29-8-14-16-17(32-21(28-5,31-16)12(3)4)20(9-22,30-14)15-7-6-13-18(23)24-10-25-26(13)15/h6-7,10-12,14,16-17H,8H2,1-5H3,(H2,23,24,25)/t14-,16-,17-,20+,21?/m1/s1. The van der Waals surface area contributed by atoms with E-state index in [4.69, 9.17) is 29.4 Å². The van der Waals surface area contributed by atoms with Crippen LogP contribution >= 0.6 is 0 Å². The molecule has 4 rings (SSSR count). The molecule has 0 saturated carbocycles. The summed E-state index contributed by atoms with van der Waals surface area (Å²) in [6, 6.07) is 5.65. The minimum Gasteiger partial charge on any atom is -0.463 e. The van der Waals surface area contributed by atoms with Crippen LogP contribution in [-0.2, 0) is 34.1 Å². The highest BCUT2D eigenvalue weighted by atomic mass is 16.9. The van der Waals surface area contributed by atoms with Crippen LogP contribution in [0.5, 0.6) is 0 Å². The van der Waals surface area contributed by atoms with Gasteiger partial charge in [0.1, 0.15) is 42.8 Å². The quantitative estimate of drug-likeness (QED) is 0.647. The van der Waals surface area contributed by atoms with Crippen LogP contribution in [0.25, 0.3) is 5.52 Å². The van der Waals surface area contributed by atoms with E-state index in [9.17, 15) is 10.1 Å². The summed E-state index contributed by atoms with van der Waals surface area (Å²) in [6.45, 7) is 7.13. The van der Waals surface area contributed by atoms with Crippen molar-refractivity contribution >= 4 is 17.3 Å². The van der Waals surface area contributed by atoms with Gasteiger partial charge in [-0.3, -0.25) is 4.79 Å². The highest BCUT2D eigenvalue weighted by Crippen LogP contribution is 2.51. The Bertz CT molecular complexity index is 1060. The molecule has 2 saturated heterocycles. The lowest BCUT2D eigenvalue weighted by Crippen LogP contribution is -2.45. The fourth-order valence-corrected chi connectivity index (χ4v) is 4.13. The molecule has 0 spiro atoms. The third-order valence-electron chi connectivity index (χ3n) is 5.88. The monoisotopic (exact) mass is 445 g/mol. The van der Waals surface area contributed by atoms with Gasteiger partial charge in [-0.15, -0.1) is 0 Å². The number of carbonyl (C=O) groups is 1. The number of nitrogens with two attached hydrogens (primary N) is 1. The van der Waals surface area contributed by atoms with Crippen LogP contribution in [0.1, 0.15) is 33.4 Å². The minimum atomic E-state index is -1.62. The number of hydrogen-bond donors (Lipinski definition) is 1. The van der Waals surface area contributed by atoms with Crippen molar-refractivity contribution < 1.29 is 28.5 Å². The van der Waals surface area contributed by atoms with Gasteiger partial charge in [-0.2, -0.15) is 10.4 Å². The number of nitrogen functional groups attached to an aromatic ring is 1. The predicted molar refractivity (Wildman–Crippen MR) is 110 cm³/mol. The highest BCUT2D eigenvalue weighted by molar-refractivity contribution is 5.71. The first-order valence-corrected chi connectivity index (χ1v) is 10.4. The van der Waals surface area contributed by atoms with Crippen LogP contribution in [0.4, 0.5) is 5.82 Å². The van der Waals surface area contributed by atoms with Crippen LogP contribution < -0.4 is 5.73 Å². The van der Waals surface area contributed by atoms with Crippen LogP contribution in [0.15, 0.2) is 18.5 Å². The molecule has 1 unspecified atom stereocenters. The molecule has 2 aliphatic rings. The van der Waals surface area contributed by atoms with Gasteiger partial charge < -0.3 is 29.4 Å². The van der Waals surface area contributed by atoms with Gasteiger partial charge in [-0.05, 0) is 12.1 Å². The first-order valence-electron chi connectivity index (χ1n) is 10.4. The molecule has 0 bridgehead atoms. The normalized spacial score (nSPS) is 31.9. The van der Waals surface area contributed by atoms with Gasteiger partial charge >= 0.3 is 5.97 Å². The second-order valence-electron chi connectivity index (χ2n) is 8.53. The summed E-state index contributed by atoms with van der Waals surface area (Å²) in [7, 11) is 1.48. The number of ether oxygens (including phenoxy) is 5. The molecule has 0 radical (unpaired) electrons. The molecule has 11 heteroatoms. The van der Waals surface area contributed by atoms with Crippen molar-refractivity contribution in [3.05, 3.63) is 24.2 Å². The van der Waals surface area contributed by atoms with Gasteiger partial charge in [0.15, 0.2) is 5.82 Å². The number of rotatable bonds is 6. The van der Waals surface area contributed by atoms with E-state index in [0.29, 0.717) is 11.2 Å². The Balaban J connectivity index is 1.79. The maximum absolute atomic E-state index is 12.1. The van der Waals surface area contributed by atoms with E-state index in [1.54, 1.807) is 26.0 Å². The van der Waals surface area contributed by atoms with E-state index >= 15 is 0 Å². The molecule has 11 nitrogen and oxygen atoms in total. The van der Waals surface area contributed by atoms with E-state index in [-0.39, 0.29) is 30.2 Å². The van der Waals surface area contributed by atoms with Crippen LogP contribution in [0.3, 0.4) is 0 Å². The predicted octanol–water partition coefficient (Wildman–Crippen LogP) is 1.37. The van der Waals surface area contributed by atoms with Gasteiger partial charge in [0.05, 0.1) is 11.6 Å². The van der Waals surface area contributed by atoms with Crippen molar-refractivity contribution in [2.75, 3.05) is 19.5 Å². The number of nitrogens with zero attached hydrogens (tertiary/aromatic N) is 4. The number of fused-ring (bicyclic) bond motifs is 2. The summed E-state index contributed by atoms with van der Waals surface area (Å²) < 4.78 is 31.2. The fraction of sp³-hybridized carbons (Fsp3) is 0.619. The zero-order valence-electron chi connectivity index (χ0n) is 18.6. The van der Waals surface area contributed by atoms with Crippen molar-refractivity contribution in [3.63, 3.8) is 0 Å². The summed E-state index contributed by atoms with van der Waals surface area (Å²) in [4.78, 5) is 16.1. The zero-order valence-corrected chi connectivity index (χ0v) is 18.6. The Kier molecular flexibility index (Phi) is 5.58. The van der Waals surface area contributed by atoms with Gasteiger partial charge in [-0.25, -0.2) is 9.50 Å². The molecule has 5 atom stereocenters. The molecule has 2 fully saturated rings. The second kappa shape index (κ2) is 7.97. The average molecular weight is 445 g/mol. The summed E-state index contributed by atoms with van der Waals surface area (Å²) in [6.07, 6.45) is -1.10. The summed E-state index contributed by atoms with van der Waals surface area (Å²) in [5.41, 5.74) is 5.27. The van der Waals surface area contributed by atoms with E-state index in [0.717, 1.165) is 0 Å². The Morgan fingerprint density at radius 2 is 2.06 bits per heavy atom. The lowest BCUT2D eigenvalue weighted by molar-refractivity contribution is -0.369. The number of hydrogen-bond acceptors (Lipinski definition) is 10. The molecule has 2 aliphatic heterocycles. The third-order valence-corrected chi connectivity index (χ3v) is 5.88. The Morgan fingerprint density at radius 1 is 1.31 bits per heavy atom. The van der Waals surface area contributed by atoms with Crippen LogP contribution in [-0.4, -0.2) is 58.6 Å². The fourth-order valence-electron chi connectivity index (χ4n) is 4.13.